The molecule has 0 spiro atoms. The fourth-order valence-corrected chi connectivity index (χ4v) is 1.51. The quantitative estimate of drug-likeness (QED) is 0.736. The molecular formula is C10H12N2O2. The van der Waals surface area contributed by atoms with Crippen LogP contribution in [0.15, 0.2) is 29.3 Å². The Labute approximate surface area is 82.4 Å². The maximum Gasteiger partial charge on any atom is 0.208 e. The number of hydrogen-bond donors (Lipinski definition) is 1. The molecule has 0 aliphatic carbocycles. The highest BCUT2D eigenvalue weighted by atomic mass is 16.7. The highest BCUT2D eigenvalue weighted by molar-refractivity contribution is 5.74. The molecule has 0 unspecified atom stereocenters. The Kier molecular flexibility index (Phi) is 2.13. The molecule has 1 N–H and O–H groups in total. The summed E-state index contributed by atoms with van der Waals surface area (Å²) in [6.07, 6.45) is -0.240. The van der Waals surface area contributed by atoms with E-state index in [-0.39, 0.29) is 11.9 Å². The second kappa shape index (κ2) is 3.31. The average molecular weight is 192 g/mol. The van der Waals surface area contributed by atoms with Crippen LogP contribution in [0.25, 0.3) is 0 Å². The predicted octanol–water partition coefficient (Wildman–Crippen LogP) is 1.69. The molecule has 1 atom stereocenters. The first kappa shape index (κ1) is 9.02. The topological polar surface area (TPSA) is 45.1 Å². The van der Waals surface area contributed by atoms with Gasteiger partial charge < -0.3 is 9.94 Å². The summed E-state index contributed by atoms with van der Waals surface area (Å²) in [7, 11) is 1.79. The van der Waals surface area contributed by atoms with Crippen LogP contribution in [0.1, 0.15) is 18.7 Å². The zero-order chi connectivity index (χ0) is 10.1. The summed E-state index contributed by atoms with van der Waals surface area (Å²) in [6.45, 7) is 1.79. The van der Waals surface area contributed by atoms with Crippen LogP contribution in [0, 0.1) is 0 Å². The maximum atomic E-state index is 9.62. The molecule has 0 bridgehead atoms. The van der Waals surface area contributed by atoms with Gasteiger partial charge in [0.25, 0.3) is 0 Å². The average Bonchev–Trinajstić information content (AvgIpc) is 2.46. The van der Waals surface area contributed by atoms with Crippen LogP contribution in [-0.2, 0) is 4.84 Å². The summed E-state index contributed by atoms with van der Waals surface area (Å²) in [5.41, 5.74) is 0.756. The minimum Gasteiger partial charge on any atom is -0.508 e. The van der Waals surface area contributed by atoms with Gasteiger partial charge in [0, 0.05) is 19.5 Å². The number of phenols is 1. The zero-order valence-corrected chi connectivity index (χ0v) is 8.14. The molecule has 4 heteroatoms. The van der Waals surface area contributed by atoms with Gasteiger partial charge in [-0.3, -0.25) is 0 Å². The highest BCUT2D eigenvalue weighted by Crippen LogP contribution is 2.31. The number of aromatic hydroxyl groups is 1. The van der Waals surface area contributed by atoms with Crippen LogP contribution in [0.3, 0.4) is 0 Å². The molecule has 4 nitrogen and oxygen atoms in total. The zero-order valence-electron chi connectivity index (χ0n) is 8.14. The number of rotatable bonds is 1. The van der Waals surface area contributed by atoms with E-state index in [0.29, 0.717) is 5.90 Å². The fourth-order valence-electron chi connectivity index (χ4n) is 1.51. The van der Waals surface area contributed by atoms with Crippen molar-refractivity contribution in [2.75, 3.05) is 7.05 Å². The molecule has 74 valence electrons. The van der Waals surface area contributed by atoms with Gasteiger partial charge in [-0.2, -0.15) is 0 Å². The molecule has 0 aromatic heterocycles. The van der Waals surface area contributed by atoms with Crippen molar-refractivity contribution in [1.29, 1.82) is 0 Å². The minimum absolute atomic E-state index is 0.240. The van der Waals surface area contributed by atoms with Crippen LogP contribution in [0.2, 0.25) is 0 Å². The predicted molar refractivity (Wildman–Crippen MR) is 52.8 cm³/mol. The lowest BCUT2D eigenvalue weighted by molar-refractivity contribution is -0.0588. The number of benzene rings is 1. The summed E-state index contributed by atoms with van der Waals surface area (Å²) in [5, 5.41) is 11.2. The molecule has 0 saturated heterocycles. The van der Waals surface area contributed by atoms with E-state index < -0.39 is 0 Å². The number of phenolic OH excluding ortho intramolecular Hbond substituents is 1. The van der Waals surface area contributed by atoms with Crippen molar-refractivity contribution in [2.45, 2.75) is 13.1 Å². The van der Waals surface area contributed by atoms with Crippen LogP contribution in [-0.4, -0.2) is 23.1 Å². The van der Waals surface area contributed by atoms with Gasteiger partial charge in [-0.15, -0.1) is 5.06 Å². The van der Waals surface area contributed by atoms with Crippen molar-refractivity contribution in [3.05, 3.63) is 29.8 Å². The minimum atomic E-state index is -0.240. The van der Waals surface area contributed by atoms with E-state index >= 15 is 0 Å². The molecule has 1 heterocycles. The fraction of sp³-hybridized carbons (Fsp3) is 0.300. The Morgan fingerprint density at radius 3 is 2.71 bits per heavy atom. The van der Waals surface area contributed by atoms with Gasteiger partial charge in [0.15, 0.2) is 6.17 Å². The molecule has 1 aromatic carbocycles. The summed E-state index contributed by atoms with van der Waals surface area (Å²) in [4.78, 5) is 9.52. The summed E-state index contributed by atoms with van der Waals surface area (Å²) in [5.74, 6) is 0.854. The van der Waals surface area contributed by atoms with Gasteiger partial charge in [-0.1, -0.05) is 18.2 Å². The Hall–Kier alpha value is -1.55. The van der Waals surface area contributed by atoms with E-state index in [0.717, 1.165) is 5.56 Å². The Morgan fingerprint density at radius 1 is 1.43 bits per heavy atom. The monoisotopic (exact) mass is 192 g/mol. The second-order valence-electron chi connectivity index (χ2n) is 3.22. The second-order valence-corrected chi connectivity index (χ2v) is 3.22. The van der Waals surface area contributed by atoms with Crippen LogP contribution in [0.5, 0.6) is 5.75 Å². The molecule has 0 radical (unpaired) electrons. The third kappa shape index (κ3) is 1.44. The molecule has 0 fully saturated rings. The van der Waals surface area contributed by atoms with Crippen molar-refractivity contribution >= 4 is 5.90 Å². The van der Waals surface area contributed by atoms with Crippen molar-refractivity contribution in [2.24, 2.45) is 4.99 Å². The van der Waals surface area contributed by atoms with Gasteiger partial charge in [0.2, 0.25) is 5.90 Å². The van der Waals surface area contributed by atoms with Gasteiger partial charge in [0.05, 0.1) is 0 Å². The lowest BCUT2D eigenvalue weighted by Gasteiger charge is -2.16. The molecule has 14 heavy (non-hydrogen) atoms. The van der Waals surface area contributed by atoms with Crippen LogP contribution >= 0.6 is 0 Å². The summed E-state index contributed by atoms with van der Waals surface area (Å²) >= 11 is 0. The van der Waals surface area contributed by atoms with Gasteiger partial charge in [-0.05, 0) is 6.07 Å². The third-order valence-electron chi connectivity index (χ3n) is 2.14. The first-order chi connectivity index (χ1) is 6.68. The maximum absolute atomic E-state index is 9.62. The molecule has 1 aromatic rings. The third-order valence-corrected chi connectivity index (χ3v) is 2.14. The normalized spacial score (nSPS) is 21.9. The summed E-state index contributed by atoms with van der Waals surface area (Å²) in [6, 6.07) is 7.13. The Bertz CT molecular complexity index is 376. The molecule has 0 amide bonds. The van der Waals surface area contributed by atoms with Gasteiger partial charge in [0.1, 0.15) is 5.75 Å². The van der Waals surface area contributed by atoms with Crippen LogP contribution < -0.4 is 0 Å². The molecule has 1 aliphatic heterocycles. The smallest absolute Gasteiger partial charge is 0.208 e. The number of hydrogen-bond acceptors (Lipinski definition) is 4. The van der Waals surface area contributed by atoms with E-state index in [4.69, 9.17) is 4.84 Å². The van der Waals surface area contributed by atoms with Crippen molar-refractivity contribution in [3.63, 3.8) is 0 Å². The number of nitrogens with zero attached hydrogens (tertiary/aromatic N) is 2. The standard InChI is InChI=1S/C10H12N2O2/c1-7-11-10(12(2)14-7)8-5-3-4-6-9(8)13/h3-6,10,13H,1-2H3/t10-/m1/s1. The SMILES string of the molecule is CC1=N[C@@H](c2ccccc2O)N(C)O1. The van der Waals surface area contributed by atoms with Crippen molar-refractivity contribution in [3.8, 4) is 5.75 Å². The number of aliphatic imine (C=N–C) groups is 1. The Morgan fingerprint density at radius 2 is 2.14 bits per heavy atom. The first-order valence-corrected chi connectivity index (χ1v) is 4.41. The van der Waals surface area contributed by atoms with Crippen molar-refractivity contribution in [1.82, 2.24) is 5.06 Å². The first-order valence-electron chi connectivity index (χ1n) is 4.41. The molecular weight excluding hydrogens is 180 g/mol. The molecule has 0 saturated carbocycles. The van der Waals surface area contributed by atoms with Crippen LogP contribution in [0.4, 0.5) is 0 Å². The van der Waals surface area contributed by atoms with Gasteiger partial charge in [-0.25, -0.2) is 4.99 Å². The van der Waals surface area contributed by atoms with Crippen molar-refractivity contribution < 1.29 is 9.94 Å². The molecule has 1 aliphatic rings. The van der Waals surface area contributed by atoms with E-state index in [2.05, 4.69) is 4.99 Å². The van der Waals surface area contributed by atoms with E-state index in [1.807, 2.05) is 12.1 Å². The number of hydroxylamine groups is 2. The highest BCUT2D eigenvalue weighted by Gasteiger charge is 2.26. The Balaban J connectivity index is 2.36. The largest absolute Gasteiger partial charge is 0.508 e. The van der Waals surface area contributed by atoms with E-state index in [9.17, 15) is 5.11 Å². The lowest BCUT2D eigenvalue weighted by atomic mass is 10.1. The van der Waals surface area contributed by atoms with E-state index in [1.165, 1.54) is 0 Å². The van der Waals surface area contributed by atoms with E-state index in [1.54, 1.807) is 31.2 Å². The van der Waals surface area contributed by atoms with Gasteiger partial charge >= 0.3 is 0 Å². The molecule has 2 rings (SSSR count). The number of para-hydroxylation sites is 1. The lowest BCUT2D eigenvalue weighted by Crippen LogP contribution is -2.18. The summed E-state index contributed by atoms with van der Waals surface area (Å²) < 4.78 is 0.